The fourth-order valence-corrected chi connectivity index (χ4v) is 2.90. The molecule has 1 aromatic rings. The first-order valence-electron chi connectivity index (χ1n) is 5.06. The van der Waals surface area contributed by atoms with E-state index in [2.05, 4.69) is 4.72 Å². The highest BCUT2D eigenvalue weighted by Crippen LogP contribution is 2.30. The van der Waals surface area contributed by atoms with Gasteiger partial charge in [-0.2, -0.15) is 0 Å². The normalized spacial score (nSPS) is 15.6. The van der Waals surface area contributed by atoms with Crippen molar-refractivity contribution in [3.63, 3.8) is 0 Å². The van der Waals surface area contributed by atoms with Gasteiger partial charge in [0.15, 0.2) is 0 Å². The highest BCUT2D eigenvalue weighted by atomic mass is 32.2. The lowest BCUT2D eigenvalue weighted by molar-refractivity contribution is 0.599. The van der Waals surface area contributed by atoms with E-state index in [1.165, 1.54) is 12.1 Å². The Balaban J connectivity index is 2.39. The Kier molecular flexibility index (Phi) is 2.78. The Morgan fingerprint density at radius 2 is 2.12 bits per heavy atom. The minimum Gasteiger partial charge on any atom is -0.384 e. The second-order valence-electron chi connectivity index (χ2n) is 3.92. The Morgan fingerprint density at radius 1 is 1.47 bits per heavy atom. The lowest BCUT2D eigenvalue weighted by atomic mass is 10.1. The Morgan fingerprint density at radius 3 is 2.65 bits per heavy atom. The van der Waals surface area contributed by atoms with Gasteiger partial charge in [-0.3, -0.25) is 10.1 Å². The van der Waals surface area contributed by atoms with Crippen LogP contribution in [0.3, 0.4) is 0 Å². The third-order valence-corrected chi connectivity index (χ3v) is 4.35. The molecule has 0 amide bonds. The number of rotatable bonds is 4. The summed E-state index contributed by atoms with van der Waals surface area (Å²) in [6.07, 6.45) is 1.22. The molecule has 0 bridgehead atoms. The van der Waals surface area contributed by atoms with Crippen LogP contribution in [-0.2, 0) is 10.0 Å². The highest BCUT2D eigenvalue weighted by Gasteiger charge is 2.36. The van der Waals surface area contributed by atoms with E-state index in [0.29, 0.717) is 12.8 Å². The highest BCUT2D eigenvalue weighted by molar-refractivity contribution is 7.93. The quantitative estimate of drug-likeness (QED) is 0.555. The van der Waals surface area contributed by atoms with Crippen LogP contribution in [0.15, 0.2) is 18.2 Å². The lowest BCUT2D eigenvalue weighted by Gasteiger charge is -2.11. The van der Waals surface area contributed by atoms with Crippen molar-refractivity contribution in [3.8, 4) is 0 Å². The summed E-state index contributed by atoms with van der Waals surface area (Å²) < 4.78 is 39.1. The molecule has 0 unspecified atom stereocenters. The molecular formula is C10H12FN3O2S. The van der Waals surface area contributed by atoms with Crippen molar-refractivity contribution < 1.29 is 12.8 Å². The molecular weight excluding hydrogens is 245 g/mol. The minimum atomic E-state index is -3.48. The van der Waals surface area contributed by atoms with E-state index in [4.69, 9.17) is 11.1 Å². The number of hydrogen-bond acceptors (Lipinski definition) is 3. The largest absolute Gasteiger partial charge is 0.384 e. The van der Waals surface area contributed by atoms with Crippen LogP contribution < -0.4 is 10.5 Å². The predicted octanol–water partition coefficient (Wildman–Crippen LogP) is 1.01. The monoisotopic (exact) mass is 257 g/mol. The first kappa shape index (κ1) is 11.8. The Hall–Kier alpha value is -1.63. The second-order valence-corrected chi connectivity index (χ2v) is 5.88. The number of nitrogens with two attached hydrogens (primary N) is 1. The number of anilines is 1. The molecule has 0 saturated heterocycles. The molecule has 0 radical (unpaired) electrons. The van der Waals surface area contributed by atoms with Gasteiger partial charge in [0.1, 0.15) is 11.7 Å². The van der Waals surface area contributed by atoms with E-state index < -0.39 is 26.9 Å². The molecule has 0 aromatic heterocycles. The van der Waals surface area contributed by atoms with Crippen LogP contribution in [0.5, 0.6) is 0 Å². The third kappa shape index (κ3) is 2.38. The molecule has 92 valence electrons. The van der Waals surface area contributed by atoms with Crippen molar-refractivity contribution >= 4 is 21.5 Å². The molecule has 0 atom stereocenters. The molecule has 0 spiro atoms. The summed E-state index contributed by atoms with van der Waals surface area (Å²) in [4.78, 5) is 0. The van der Waals surface area contributed by atoms with Gasteiger partial charge in [-0.15, -0.1) is 0 Å². The van der Waals surface area contributed by atoms with Gasteiger partial charge in [0.25, 0.3) is 0 Å². The van der Waals surface area contributed by atoms with Crippen molar-refractivity contribution in [3.05, 3.63) is 29.6 Å². The summed E-state index contributed by atoms with van der Waals surface area (Å²) in [5.41, 5.74) is 5.04. The molecule has 2 rings (SSSR count). The third-order valence-electron chi connectivity index (χ3n) is 2.50. The van der Waals surface area contributed by atoms with Crippen LogP contribution in [0.4, 0.5) is 10.1 Å². The average Bonchev–Trinajstić information content (AvgIpc) is 2.98. The van der Waals surface area contributed by atoms with Crippen molar-refractivity contribution in [2.24, 2.45) is 5.73 Å². The van der Waals surface area contributed by atoms with E-state index in [-0.39, 0.29) is 11.3 Å². The van der Waals surface area contributed by atoms with Gasteiger partial charge in [-0.05, 0) is 25.0 Å². The van der Waals surface area contributed by atoms with Gasteiger partial charge in [0, 0.05) is 0 Å². The number of amidine groups is 1. The first-order valence-corrected chi connectivity index (χ1v) is 6.61. The molecule has 1 fully saturated rings. The summed E-state index contributed by atoms with van der Waals surface area (Å²) in [5.74, 6) is -1.22. The van der Waals surface area contributed by atoms with Crippen molar-refractivity contribution in [2.75, 3.05) is 4.72 Å². The van der Waals surface area contributed by atoms with E-state index >= 15 is 0 Å². The number of halogens is 1. The van der Waals surface area contributed by atoms with E-state index in [0.717, 1.165) is 6.07 Å². The van der Waals surface area contributed by atoms with Crippen LogP contribution >= 0.6 is 0 Å². The summed E-state index contributed by atoms with van der Waals surface area (Å²) >= 11 is 0. The molecule has 4 N–H and O–H groups in total. The number of nitrogens with one attached hydrogen (secondary N) is 2. The van der Waals surface area contributed by atoms with Gasteiger partial charge in [-0.25, -0.2) is 12.8 Å². The summed E-state index contributed by atoms with van der Waals surface area (Å²) in [6.45, 7) is 0. The first-order chi connectivity index (χ1) is 7.92. The van der Waals surface area contributed by atoms with Crippen molar-refractivity contribution in [1.29, 1.82) is 5.41 Å². The topological polar surface area (TPSA) is 96.0 Å². The van der Waals surface area contributed by atoms with E-state index in [1.807, 2.05) is 0 Å². The predicted molar refractivity (Wildman–Crippen MR) is 63.0 cm³/mol. The SMILES string of the molecule is N=C(N)c1c(F)cccc1NS(=O)(=O)C1CC1. The molecule has 1 aliphatic carbocycles. The zero-order chi connectivity index (χ0) is 12.6. The van der Waals surface area contributed by atoms with Crippen molar-refractivity contribution in [1.82, 2.24) is 0 Å². The molecule has 5 nitrogen and oxygen atoms in total. The maximum atomic E-state index is 13.4. The van der Waals surface area contributed by atoms with Crippen LogP contribution in [-0.4, -0.2) is 19.5 Å². The zero-order valence-corrected chi connectivity index (χ0v) is 9.72. The summed E-state index contributed by atoms with van der Waals surface area (Å²) in [5, 5.41) is 6.84. The Bertz CT molecular complexity index is 567. The van der Waals surface area contributed by atoms with E-state index in [1.54, 1.807) is 0 Å². The minimum absolute atomic E-state index is 0.0180. The maximum Gasteiger partial charge on any atom is 0.235 e. The fourth-order valence-electron chi connectivity index (χ4n) is 1.50. The molecule has 7 heteroatoms. The number of benzene rings is 1. The summed E-state index contributed by atoms with van der Waals surface area (Å²) in [7, 11) is -3.48. The molecule has 1 aromatic carbocycles. The van der Waals surface area contributed by atoms with Crippen LogP contribution in [0.2, 0.25) is 0 Å². The van der Waals surface area contributed by atoms with Gasteiger partial charge < -0.3 is 5.73 Å². The molecule has 17 heavy (non-hydrogen) atoms. The average molecular weight is 257 g/mol. The number of hydrogen-bond donors (Lipinski definition) is 3. The zero-order valence-electron chi connectivity index (χ0n) is 8.90. The van der Waals surface area contributed by atoms with E-state index in [9.17, 15) is 12.8 Å². The van der Waals surface area contributed by atoms with Gasteiger partial charge in [-0.1, -0.05) is 6.07 Å². The number of nitrogen functional groups attached to an aromatic ring is 1. The lowest BCUT2D eigenvalue weighted by Crippen LogP contribution is -2.22. The summed E-state index contributed by atoms with van der Waals surface area (Å²) in [6, 6.07) is 3.89. The van der Waals surface area contributed by atoms with Gasteiger partial charge >= 0.3 is 0 Å². The van der Waals surface area contributed by atoms with Crippen LogP contribution in [0.1, 0.15) is 18.4 Å². The molecule has 0 aliphatic heterocycles. The van der Waals surface area contributed by atoms with Crippen LogP contribution in [0.25, 0.3) is 0 Å². The Labute approximate surface area is 98.4 Å². The molecule has 1 saturated carbocycles. The molecule has 1 aliphatic rings. The second kappa shape index (κ2) is 3.99. The van der Waals surface area contributed by atoms with Crippen molar-refractivity contribution in [2.45, 2.75) is 18.1 Å². The molecule has 0 heterocycles. The maximum absolute atomic E-state index is 13.4. The fraction of sp³-hybridized carbons (Fsp3) is 0.300. The smallest absolute Gasteiger partial charge is 0.235 e. The standard InChI is InChI=1S/C10H12FN3O2S/c11-7-2-1-3-8(9(7)10(12)13)14-17(15,16)6-4-5-6/h1-3,6,14H,4-5H2,(H3,12,13). The van der Waals surface area contributed by atoms with Crippen LogP contribution in [0, 0.1) is 11.2 Å². The van der Waals surface area contributed by atoms with Gasteiger partial charge in [0.05, 0.1) is 16.5 Å². The van der Waals surface area contributed by atoms with Gasteiger partial charge in [0.2, 0.25) is 10.0 Å². The number of sulfonamides is 1.